The zero-order valence-electron chi connectivity index (χ0n) is 18.8. The number of piperazine rings is 1. The first-order chi connectivity index (χ1) is 15.3. The van der Waals surface area contributed by atoms with Gasteiger partial charge >= 0.3 is 6.09 Å². The minimum atomic E-state index is -3.70. The Hall–Kier alpha value is -2.53. The van der Waals surface area contributed by atoms with E-state index in [1.807, 2.05) is 0 Å². The summed E-state index contributed by atoms with van der Waals surface area (Å²) in [5.41, 5.74) is 0. The van der Waals surface area contributed by atoms with Crippen molar-refractivity contribution in [2.45, 2.75) is 24.7 Å². The van der Waals surface area contributed by atoms with E-state index in [-0.39, 0.29) is 35.9 Å². The minimum Gasteiger partial charge on any atom is -0.493 e. The van der Waals surface area contributed by atoms with E-state index in [1.165, 1.54) is 30.7 Å². The van der Waals surface area contributed by atoms with Crippen LogP contribution in [0.3, 0.4) is 0 Å². The monoisotopic (exact) mass is 469 g/mol. The van der Waals surface area contributed by atoms with Gasteiger partial charge in [-0.3, -0.25) is 4.79 Å². The molecule has 0 N–H and O–H groups in total. The fourth-order valence-electron chi connectivity index (χ4n) is 4.05. The van der Waals surface area contributed by atoms with Crippen LogP contribution in [0.15, 0.2) is 23.1 Å². The first-order valence-corrected chi connectivity index (χ1v) is 12.2. The number of nitrogens with zero attached hydrogens (tertiary/aromatic N) is 3. The van der Waals surface area contributed by atoms with Gasteiger partial charge in [-0.2, -0.15) is 4.31 Å². The Morgan fingerprint density at radius 1 is 0.938 bits per heavy atom. The van der Waals surface area contributed by atoms with Crippen LogP contribution in [0.2, 0.25) is 0 Å². The lowest BCUT2D eigenvalue weighted by Crippen LogP contribution is -2.53. The Kier molecular flexibility index (Phi) is 7.83. The van der Waals surface area contributed by atoms with E-state index in [0.717, 1.165) is 0 Å². The standard InChI is InChI=1S/C21H31N3O7S/c1-4-31-21(26)23-13-11-22(12-14-23)20(25)16-7-9-24(10-8-16)32(27,28)17-5-6-18(29-2)19(15-17)30-3/h5-6,15-16H,4,7-14H2,1-3H3. The van der Waals surface area contributed by atoms with E-state index in [2.05, 4.69) is 0 Å². The van der Waals surface area contributed by atoms with Crippen LogP contribution in [0.5, 0.6) is 11.5 Å². The van der Waals surface area contributed by atoms with Gasteiger partial charge in [0.2, 0.25) is 15.9 Å². The highest BCUT2D eigenvalue weighted by Gasteiger charge is 2.35. The molecule has 2 aliphatic heterocycles. The molecule has 2 heterocycles. The van der Waals surface area contributed by atoms with Crippen molar-refractivity contribution in [1.29, 1.82) is 0 Å². The average Bonchev–Trinajstić information content (AvgIpc) is 2.83. The Balaban J connectivity index is 1.57. The normalized spacial score (nSPS) is 18.3. The fraction of sp³-hybridized carbons (Fsp3) is 0.619. The predicted octanol–water partition coefficient (Wildman–Crippen LogP) is 1.41. The van der Waals surface area contributed by atoms with Crippen LogP contribution in [-0.4, -0.2) is 94.6 Å². The molecule has 2 aliphatic rings. The summed E-state index contributed by atoms with van der Waals surface area (Å²) in [6, 6.07) is 4.52. The molecule has 0 aromatic heterocycles. The van der Waals surface area contributed by atoms with E-state index < -0.39 is 10.0 Å². The fourth-order valence-corrected chi connectivity index (χ4v) is 5.54. The number of hydrogen-bond acceptors (Lipinski definition) is 7. The summed E-state index contributed by atoms with van der Waals surface area (Å²) in [6.45, 7) is 4.43. The molecule has 3 rings (SSSR count). The third-order valence-corrected chi connectivity index (χ3v) is 7.81. The summed E-state index contributed by atoms with van der Waals surface area (Å²) in [5.74, 6) is 0.608. The van der Waals surface area contributed by atoms with Crippen molar-refractivity contribution in [3.05, 3.63) is 18.2 Å². The summed E-state index contributed by atoms with van der Waals surface area (Å²) in [5, 5.41) is 0. The largest absolute Gasteiger partial charge is 0.493 e. The highest BCUT2D eigenvalue weighted by Crippen LogP contribution is 2.32. The molecular weight excluding hydrogens is 438 g/mol. The molecule has 178 valence electrons. The molecule has 0 aliphatic carbocycles. The Morgan fingerprint density at radius 2 is 1.53 bits per heavy atom. The maximum Gasteiger partial charge on any atom is 0.409 e. The van der Waals surface area contributed by atoms with Gasteiger partial charge in [-0.05, 0) is 31.9 Å². The lowest BCUT2D eigenvalue weighted by molar-refractivity contribution is -0.138. The SMILES string of the molecule is CCOC(=O)N1CCN(C(=O)C2CCN(S(=O)(=O)c3ccc(OC)c(OC)c3)CC2)CC1. The minimum absolute atomic E-state index is 0.0247. The van der Waals surface area contributed by atoms with E-state index in [0.29, 0.717) is 57.1 Å². The average molecular weight is 470 g/mol. The molecule has 11 heteroatoms. The number of rotatable bonds is 6. The van der Waals surface area contributed by atoms with Crippen LogP contribution in [-0.2, 0) is 19.6 Å². The number of benzene rings is 1. The van der Waals surface area contributed by atoms with E-state index in [1.54, 1.807) is 22.8 Å². The topological polar surface area (TPSA) is 106 Å². The first-order valence-electron chi connectivity index (χ1n) is 10.7. The molecule has 2 amide bonds. The quantitative estimate of drug-likeness (QED) is 0.620. The number of carbonyl (C=O) groups excluding carboxylic acids is 2. The first kappa shape index (κ1) is 24.1. The summed E-state index contributed by atoms with van der Waals surface area (Å²) in [6.07, 6.45) is 0.570. The van der Waals surface area contributed by atoms with Crippen molar-refractivity contribution in [1.82, 2.24) is 14.1 Å². The smallest absolute Gasteiger partial charge is 0.409 e. The lowest BCUT2D eigenvalue weighted by Gasteiger charge is -2.38. The molecule has 0 spiro atoms. The highest BCUT2D eigenvalue weighted by molar-refractivity contribution is 7.89. The van der Waals surface area contributed by atoms with Gasteiger partial charge in [-0.25, -0.2) is 13.2 Å². The van der Waals surface area contributed by atoms with Crippen molar-refractivity contribution in [2.24, 2.45) is 5.92 Å². The molecule has 1 aromatic carbocycles. The molecule has 2 saturated heterocycles. The molecule has 0 unspecified atom stereocenters. The van der Waals surface area contributed by atoms with Crippen molar-refractivity contribution in [3.63, 3.8) is 0 Å². The number of piperidine rings is 1. The maximum atomic E-state index is 13.1. The highest BCUT2D eigenvalue weighted by atomic mass is 32.2. The van der Waals surface area contributed by atoms with Crippen molar-refractivity contribution in [3.8, 4) is 11.5 Å². The number of carbonyl (C=O) groups is 2. The second kappa shape index (κ2) is 10.4. The predicted molar refractivity (Wildman–Crippen MR) is 116 cm³/mol. The van der Waals surface area contributed by atoms with Gasteiger partial charge in [0.15, 0.2) is 11.5 Å². The molecule has 1 aromatic rings. The van der Waals surface area contributed by atoms with Crippen LogP contribution in [0, 0.1) is 5.92 Å². The summed E-state index contributed by atoms with van der Waals surface area (Å²) in [7, 11) is -0.754. The number of methoxy groups -OCH3 is 2. The molecule has 0 saturated carbocycles. The molecule has 10 nitrogen and oxygen atoms in total. The van der Waals surface area contributed by atoms with Crippen molar-refractivity contribution < 1.29 is 32.2 Å². The molecule has 0 atom stereocenters. The summed E-state index contributed by atoms with van der Waals surface area (Å²) >= 11 is 0. The van der Waals surface area contributed by atoms with Crippen LogP contribution in [0.1, 0.15) is 19.8 Å². The Morgan fingerprint density at radius 3 is 2.09 bits per heavy atom. The third-order valence-electron chi connectivity index (χ3n) is 5.91. The molecule has 0 radical (unpaired) electrons. The Labute approximate surface area is 189 Å². The molecule has 2 fully saturated rings. The van der Waals surface area contributed by atoms with E-state index in [9.17, 15) is 18.0 Å². The zero-order valence-corrected chi connectivity index (χ0v) is 19.6. The third kappa shape index (κ3) is 5.09. The van der Waals surface area contributed by atoms with Gasteiger partial charge in [-0.15, -0.1) is 0 Å². The van der Waals surface area contributed by atoms with E-state index >= 15 is 0 Å². The number of ether oxygens (including phenoxy) is 3. The summed E-state index contributed by atoms with van der Waals surface area (Å²) < 4.78 is 43.0. The Bertz CT molecular complexity index is 921. The molecule has 0 bridgehead atoms. The van der Waals surface area contributed by atoms with Crippen LogP contribution in [0.25, 0.3) is 0 Å². The van der Waals surface area contributed by atoms with Crippen LogP contribution < -0.4 is 9.47 Å². The van der Waals surface area contributed by atoms with Crippen molar-refractivity contribution in [2.75, 3.05) is 60.1 Å². The second-order valence-corrected chi connectivity index (χ2v) is 9.64. The zero-order chi connectivity index (χ0) is 23.3. The van der Waals surface area contributed by atoms with Crippen LogP contribution >= 0.6 is 0 Å². The molecule has 32 heavy (non-hydrogen) atoms. The van der Waals surface area contributed by atoms with Gasteiger partial charge in [0.05, 0.1) is 25.7 Å². The lowest BCUT2D eigenvalue weighted by atomic mass is 9.96. The van der Waals surface area contributed by atoms with Gasteiger partial charge in [0, 0.05) is 51.3 Å². The van der Waals surface area contributed by atoms with Crippen LogP contribution in [0.4, 0.5) is 4.79 Å². The van der Waals surface area contributed by atoms with Gasteiger partial charge in [-0.1, -0.05) is 0 Å². The summed E-state index contributed by atoms with van der Waals surface area (Å²) in [4.78, 5) is 28.3. The van der Waals surface area contributed by atoms with Crippen molar-refractivity contribution >= 4 is 22.0 Å². The molecular formula is C21H31N3O7S. The van der Waals surface area contributed by atoms with E-state index in [4.69, 9.17) is 14.2 Å². The maximum absolute atomic E-state index is 13.1. The number of amides is 2. The number of sulfonamides is 1. The number of hydrogen-bond donors (Lipinski definition) is 0. The second-order valence-electron chi connectivity index (χ2n) is 7.71. The van der Waals surface area contributed by atoms with Gasteiger partial charge in [0.25, 0.3) is 0 Å². The van der Waals surface area contributed by atoms with Gasteiger partial charge in [0.1, 0.15) is 0 Å². The van der Waals surface area contributed by atoms with Gasteiger partial charge < -0.3 is 24.0 Å².